The van der Waals surface area contributed by atoms with Crippen LogP contribution in [-0.2, 0) is 14.8 Å². The number of pyridine rings is 1. The van der Waals surface area contributed by atoms with Gasteiger partial charge in [-0.2, -0.15) is 0 Å². The van der Waals surface area contributed by atoms with Crippen molar-refractivity contribution in [3.8, 4) is 5.75 Å². The number of hydrogen-bond donors (Lipinski definition) is 1. The fraction of sp³-hybridized carbons (Fsp3) is 0.318. The number of nitrogens with zero attached hydrogens (tertiary/aromatic N) is 2. The van der Waals surface area contributed by atoms with E-state index in [0.717, 1.165) is 18.7 Å². The first-order valence-electron chi connectivity index (χ1n) is 9.88. The maximum Gasteiger partial charge on any atom is 0.241 e. The van der Waals surface area contributed by atoms with Crippen molar-refractivity contribution in [1.29, 1.82) is 0 Å². The predicted octanol–water partition coefficient (Wildman–Crippen LogP) is 2.60. The molecular weight excluding hydrogens is 402 g/mol. The number of morpholine rings is 1. The largest absolute Gasteiger partial charge is 0.494 e. The van der Waals surface area contributed by atoms with Gasteiger partial charge in [0.2, 0.25) is 10.0 Å². The summed E-state index contributed by atoms with van der Waals surface area (Å²) in [5, 5.41) is 0.534. The SMILES string of the molecule is COc1ccc(S(=O)(=O)NC[C@@H](c2ccccc2)N2CCOCC2)c2cccnc12. The van der Waals surface area contributed by atoms with E-state index < -0.39 is 10.0 Å². The summed E-state index contributed by atoms with van der Waals surface area (Å²) < 4.78 is 40.1. The van der Waals surface area contributed by atoms with E-state index in [0.29, 0.717) is 29.9 Å². The first-order valence-corrected chi connectivity index (χ1v) is 11.4. The van der Waals surface area contributed by atoms with Crippen molar-refractivity contribution in [3.63, 3.8) is 0 Å². The second-order valence-electron chi connectivity index (χ2n) is 7.09. The van der Waals surface area contributed by atoms with Crippen LogP contribution in [0.3, 0.4) is 0 Å². The van der Waals surface area contributed by atoms with Crippen LogP contribution in [0.4, 0.5) is 0 Å². The number of benzene rings is 2. The number of nitrogens with one attached hydrogen (secondary N) is 1. The Morgan fingerprint density at radius 2 is 1.87 bits per heavy atom. The normalized spacial score (nSPS) is 16.4. The van der Waals surface area contributed by atoms with Gasteiger partial charge >= 0.3 is 0 Å². The zero-order valence-corrected chi connectivity index (χ0v) is 17.6. The Hall–Kier alpha value is -2.52. The molecule has 0 spiro atoms. The number of hydrogen-bond acceptors (Lipinski definition) is 6. The molecule has 0 unspecified atom stereocenters. The van der Waals surface area contributed by atoms with E-state index in [1.165, 1.54) is 0 Å². The number of ether oxygens (including phenoxy) is 2. The quantitative estimate of drug-likeness (QED) is 0.624. The molecule has 4 rings (SSSR count). The maximum atomic E-state index is 13.2. The third-order valence-corrected chi connectivity index (χ3v) is 6.82. The van der Waals surface area contributed by atoms with E-state index in [-0.39, 0.29) is 17.5 Å². The minimum Gasteiger partial charge on any atom is -0.494 e. The third-order valence-electron chi connectivity index (χ3n) is 5.34. The molecule has 1 aromatic heterocycles. The van der Waals surface area contributed by atoms with Crippen molar-refractivity contribution < 1.29 is 17.9 Å². The Morgan fingerprint density at radius 3 is 2.60 bits per heavy atom. The van der Waals surface area contributed by atoms with Gasteiger partial charge in [0.25, 0.3) is 0 Å². The minimum atomic E-state index is -3.76. The van der Waals surface area contributed by atoms with Crippen molar-refractivity contribution in [2.45, 2.75) is 10.9 Å². The lowest BCUT2D eigenvalue weighted by Gasteiger charge is -2.34. The molecule has 1 saturated heterocycles. The molecule has 1 aliphatic rings. The van der Waals surface area contributed by atoms with Gasteiger partial charge in [0.1, 0.15) is 11.3 Å². The average molecular weight is 428 g/mol. The fourth-order valence-electron chi connectivity index (χ4n) is 3.81. The lowest BCUT2D eigenvalue weighted by molar-refractivity contribution is 0.0172. The molecule has 0 radical (unpaired) electrons. The van der Waals surface area contributed by atoms with E-state index in [1.54, 1.807) is 37.6 Å². The number of methoxy groups -OCH3 is 1. The first kappa shape index (κ1) is 20.7. The first-order chi connectivity index (χ1) is 14.6. The summed E-state index contributed by atoms with van der Waals surface area (Å²) in [7, 11) is -2.21. The van der Waals surface area contributed by atoms with Crippen LogP contribution in [0.2, 0.25) is 0 Å². The Kier molecular flexibility index (Phi) is 6.29. The average Bonchev–Trinajstić information content (AvgIpc) is 2.80. The van der Waals surface area contributed by atoms with Crippen LogP contribution in [0.1, 0.15) is 11.6 Å². The van der Waals surface area contributed by atoms with E-state index in [9.17, 15) is 8.42 Å². The molecule has 1 N–H and O–H groups in total. The van der Waals surface area contributed by atoms with E-state index in [4.69, 9.17) is 9.47 Å². The van der Waals surface area contributed by atoms with Gasteiger partial charge in [-0.15, -0.1) is 0 Å². The Balaban J connectivity index is 1.63. The van der Waals surface area contributed by atoms with Crippen molar-refractivity contribution in [2.75, 3.05) is 40.0 Å². The van der Waals surface area contributed by atoms with Gasteiger partial charge in [-0.1, -0.05) is 30.3 Å². The molecule has 2 aromatic carbocycles. The minimum absolute atomic E-state index is 0.0764. The molecule has 0 amide bonds. The van der Waals surface area contributed by atoms with E-state index in [2.05, 4.69) is 14.6 Å². The smallest absolute Gasteiger partial charge is 0.241 e. The molecule has 1 atom stereocenters. The van der Waals surface area contributed by atoms with Crippen molar-refractivity contribution >= 4 is 20.9 Å². The van der Waals surface area contributed by atoms with Crippen LogP contribution in [-0.4, -0.2) is 58.3 Å². The monoisotopic (exact) mass is 427 g/mol. The predicted molar refractivity (Wildman–Crippen MR) is 115 cm³/mol. The maximum absolute atomic E-state index is 13.2. The molecule has 3 aromatic rings. The Bertz CT molecular complexity index is 1100. The van der Waals surface area contributed by atoms with Gasteiger partial charge in [-0.3, -0.25) is 9.88 Å². The lowest BCUT2D eigenvalue weighted by atomic mass is 10.1. The molecule has 158 valence electrons. The highest BCUT2D eigenvalue weighted by Crippen LogP contribution is 2.29. The highest BCUT2D eigenvalue weighted by molar-refractivity contribution is 7.89. The molecule has 0 bridgehead atoms. The lowest BCUT2D eigenvalue weighted by Crippen LogP contribution is -2.43. The van der Waals surface area contributed by atoms with Gasteiger partial charge in [-0.25, -0.2) is 13.1 Å². The van der Waals surface area contributed by atoms with Gasteiger partial charge < -0.3 is 9.47 Å². The third kappa shape index (κ3) is 4.32. The van der Waals surface area contributed by atoms with Crippen molar-refractivity contribution in [3.05, 3.63) is 66.4 Å². The summed E-state index contributed by atoms with van der Waals surface area (Å²) in [4.78, 5) is 6.76. The van der Waals surface area contributed by atoms with Gasteiger partial charge in [0, 0.05) is 37.3 Å². The molecule has 2 heterocycles. The zero-order chi connectivity index (χ0) is 21.0. The van der Waals surface area contributed by atoms with Crippen LogP contribution in [0, 0.1) is 0 Å². The molecule has 1 aliphatic heterocycles. The van der Waals surface area contributed by atoms with Crippen LogP contribution >= 0.6 is 0 Å². The van der Waals surface area contributed by atoms with Crippen LogP contribution in [0.25, 0.3) is 10.9 Å². The standard InChI is InChI=1S/C22H25N3O4S/c1-28-20-9-10-21(18-8-5-11-23-22(18)20)30(26,27)24-16-19(17-6-3-2-4-7-17)25-12-14-29-15-13-25/h2-11,19,24H,12-16H2,1H3/t19-/m0/s1. The molecule has 0 saturated carbocycles. The molecule has 8 heteroatoms. The molecule has 30 heavy (non-hydrogen) atoms. The Morgan fingerprint density at radius 1 is 1.10 bits per heavy atom. The zero-order valence-electron chi connectivity index (χ0n) is 16.8. The molecular formula is C22H25N3O4S. The summed E-state index contributed by atoms with van der Waals surface area (Å²) in [5.41, 5.74) is 1.60. The number of aromatic nitrogens is 1. The van der Waals surface area contributed by atoms with Crippen molar-refractivity contribution in [2.24, 2.45) is 0 Å². The van der Waals surface area contributed by atoms with E-state index >= 15 is 0 Å². The van der Waals surface area contributed by atoms with Crippen LogP contribution in [0.5, 0.6) is 5.75 Å². The highest BCUT2D eigenvalue weighted by atomic mass is 32.2. The topological polar surface area (TPSA) is 80.8 Å². The number of fused-ring (bicyclic) bond motifs is 1. The Labute approximate surface area is 176 Å². The summed E-state index contributed by atoms with van der Waals surface area (Å²) in [6, 6.07) is 16.6. The number of rotatable bonds is 7. The van der Waals surface area contributed by atoms with Gasteiger partial charge in [0.05, 0.1) is 25.2 Å². The molecule has 0 aliphatic carbocycles. The summed E-state index contributed by atoms with van der Waals surface area (Å²) in [6.45, 7) is 3.07. The number of sulfonamides is 1. The van der Waals surface area contributed by atoms with Gasteiger partial charge in [0.15, 0.2) is 0 Å². The van der Waals surface area contributed by atoms with Gasteiger partial charge in [-0.05, 0) is 29.8 Å². The van der Waals surface area contributed by atoms with Crippen molar-refractivity contribution in [1.82, 2.24) is 14.6 Å². The highest BCUT2D eigenvalue weighted by Gasteiger charge is 2.26. The molecule has 1 fully saturated rings. The summed E-state index contributed by atoms with van der Waals surface area (Å²) in [6.07, 6.45) is 1.62. The van der Waals surface area contributed by atoms with Crippen LogP contribution in [0.15, 0.2) is 65.7 Å². The second kappa shape index (κ2) is 9.09. The second-order valence-corrected chi connectivity index (χ2v) is 8.83. The molecule has 7 nitrogen and oxygen atoms in total. The fourth-order valence-corrected chi connectivity index (χ4v) is 5.04. The van der Waals surface area contributed by atoms with E-state index in [1.807, 2.05) is 30.3 Å². The van der Waals surface area contributed by atoms with Crippen LogP contribution < -0.4 is 9.46 Å². The summed E-state index contributed by atoms with van der Waals surface area (Å²) in [5.74, 6) is 0.542. The summed E-state index contributed by atoms with van der Waals surface area (Å²) >= 11 is 0.